The van der Waals surface area contributed by atoms with Crippen LogP contribution < -0.4 is 4.74 Å². The molecule has 0 aliphatic carbocycles. The van der Waals surface area contributed by atoms with Crippen LogP contribution in [0.2, 0.25) is 0 Å². The predicted octanol–water partition coefficient (Wildman–Crippen LogP) is 3.27. The summed E-state index contributed by atoms with van der Waals surface area (Å²) in [6, 6.07) is 14.7. The maximum absolute atomic E-state index is 11.1. The summed E-state index contributed by atoms with van der Waals surface area (Å²) in [5, 5.41) is 9.07. The van der Waals surface area contributed by atoms with Crippen molar-refractivity contribution in [2.75, 3.05) is 0 Å². The Morgan fingerprint density at radius 3 is 2.56 bits per heavy atom. The lowest BCUT2D eigenvalue weighted by Gasteiger charge is -2.10. The number of ether oxygens (including phenoxy) is 1. The molecule has 0 aliphatic heterocycles. The van der Waals surface area contributed by atoms with Gasteiger partial charge in [-0.15, -0.1) is 0 Å². The number of carboxylic acid groups (broad SMARTS) is 1. The molecule has 18 heavy (non-hydrogen) atoms. The lowest BCUT2D eigenvalue weighted by atomic mass is 10.1. The van der Waals surface area contributed by atoms with E-state index in [-0.39, 0.29) is 5.56 Å². The Hall–Kier alpha value is -2.29. The minimum atomic E-state index is -0.974. The van der Waals surface area contributed by atoms with E-state index in [1.807, 2.05) is 37.3 Å². The summed E-state index contributed by atoms with van der Waals surface area (Å²) in [4.78, 5) is 11.1. The third-order valence-corrected chi connectivity index (χ3v) is 2.60. The van der Waals surface area contributed by atoms with E-state index in [4.69, 9.17) is 9.84 Å². The van der Waals surface area contributed by atoms with E-state index in [9.17, 15) is 4.79 Å². The first-order valence-corrected chi connectivity index (χ1v) is 5.67. The van der Waals surface area contributed by atoms with Crippen LogP contribution in [0.3, 0.4) is 0 Å². The molecule has 2 aromatic carbocycles. The van der Waals surface area contributed by atoms with E-state index in [1.54, 1.807) is 18.2 Å². The van der Waals surface area contributed by atoms with Crippen molar-refractivity contribution in [1.82, 2.24) is 0 Å². The fourth-order valence-electron chi connectivity index (χ4n) is 1.66. The number of rotatable bonds is 4. The molecular formula is C15H14O3. The van der Waals surface area contributed by atoms with E-state index in [1.165, 1.54) is 0 Å². The highest BCUT2D eigenvalue weighted by molar-refractivity contribution is 5.90. The monoisotopic (exact) mass is 242 g/mol. The summed E-state index contributed by atoms with van der Waals surface area (Å²) in [5.41, 5.74) is 2.18. The highest BCUT2D eigenvalue weighted by Gasteiger charge is 2.11. The number of benzene rings is 2. The average molecular weight is 242 g/mol. The molecular weight excluding hydrogens is 228 g/mol. The SMILES string of the molecule is Cc1ccc(C(=O)O)c(OCc2ccccc2)c1. The molecule has 3 heteroatoms. The number of hydrogen-bond donors (Lipinski definition) is 1. The van der Waals surface area contributed by atoms with Crippen LogP contribution in [-0.4, -0.2) is 11.1 Å². The van der Waals surface area contributed by atoms with Crippen molar-refractivity contribution in [3.8, 4) is 5.75 Å². The van der Waals surface area contributed by atoms with Gasteiger partial charge in [0.25, 0.3) is 0 Å². The number of carbonyl (C=O) groups is 1. The Morgan fingerprint density at radius 2 is 1.89 bits per heavy atom. The van der Waals surface area contributed by atoms with Gasteiger partial charge in [-0.1, -0.05) is 36.4 Å². The molecule has 3 nitrogen and oxygen atoms in total. The molecule has 2 aromatic rings. The summed E-state index contributed by atoms with van der Waals surface area (Å²) >= 11 is 0. The molecule has 0 radical (unpaired) electrons. The van der Waals surface area contributed by atoms with E-state index < -0.39 is 5.97 Å². The number of carboxylic acids is 1. The minimum absolute atomic E-state index is 0.191. The van der Waals surface area contributed by atoms with E-state index in [2.05, 4.69) is 0 Å². The Balaban J connectivity index is 2.18. The number of aromatic carboxylic acids is 1. The van der Waals surface area contributed by atoms with Gasteiger partial charge < -0.3 is 9.84 Å². The van der Waals surface area contributed by atoms with Crippen LogP contribution in [-0.2, 0) is 6.61 Å². The van der Waals surface area contributed by atoms with Crippen molar-refractivity contribution in [2.24, 2.45) is 0 Å². The highest BCUT2D eigenvalue weighted by atomic mass is 16.5. The molecule has 0 fully saturated rings. The smallest absolute Gasteiger partial charge is 0.339 e. The largest absolute Gasteiger partial charge is 0.488 e. The Morgan fingerprint density at radius 1 is 1.17 bits per heavy atom. The first kappa shape index (κ1) is 12.2. The summed E-state index contributed by atoms with van der Waals surface area (Å²) in [7, 11) is 0. The van der Waals surface area contributed by atoms with Crippen molar-refractivity contribution in [3.63, 3.8) is 0 Å². The van der Waals surface area contributed by atoms with Crippen LogP contribution >= 0.6 is 0 Å². The van der Waals surface area contributed by atoms with Crippen LogP contribution in [0.4, 0.5) is 0 Å². The second-order valence-electron chi connectivity index (χ2n) is 4.08. The molecule has 0 heterocycles. The number of aryl methyl sites for hydroxylation is 1. The van der Waals surface area contributed by atoms with Crippen molar-refractivity contribution in [2.45, 2.75) is 13.5 Å². The van der Waals surface area contributed by atoms with Gasteiger partial charge in [0.2, 0.25) is 0 Å². The van der Waals surface area contributed by atoms with Gasteiger partial charge in [0, 0.05) is 0 Å². The molecule has 1 N–H and O–H groups in total. The Bertz CT molecular complexity index is 547. The van der Waals surface area contributed by atoms with Crippen LogP contribution in [0, 0.1) is 6.92 Å². The molecule has 0 spiro atoms. The van der Waals surface area contributed by atoms with Gasteiger partial charge in [0.1, 0.15) is 17.9 Å². The number of hydrogen-bond acceptors (Lipinski definition) is 2. The maximum Gasteiger partial charge on any atom is 0.339 e. The standard InChI is InChI=1S/C15H14O3/c1-11-7-8-13(15(16)17)14(9-11)18-10-12-5-3-2-4-6-12/h2-9H,10H2,1H3,(H,16,17). The van der Waals surface area contributed by atoms with E-state index >= 15 is 0 Å². The first-order valence-electron chi connectivity index (χ1n) is 5.67. The minimum Gasteiger partial charge on any atom is -0.488 e. The Kier molecular flexibility index (Phi) is 3.63. The second kappa shape index (κ2) is 5.36. The highest BCUT2D eigenvalue weighted by Crippen LogP contribution is 2.21. The Labute approximate surface area is 106 Å². The van der Waals surface area contributed by atoms with Crippen LogP contribution in [0.1, 0.15) is 21.5 Å². The van der Waals surface area contributed by atoms with Gasteiger partial charge in [-0.2, -0.15) is 0 Å². The molecule has 0 saturated heterocycles. The second-order valence-corrected chi connectivity index (χ2v) is 4.08. The fraction of sp³-hybridized carbons (Fsp3) is 0.133. The van der Waals surface area contributed by atoms with E-state index in [0.29, 0.717) is 12.4 Å². The van der Waals surface area contributed by atoms with Gasteiger partial charge >= 0.3 is 5.97 Å². The van der Waals surface area contributed by atoms with Gasteiger partial charge in [-0.3, -0.25) is 0 Å². The molecule has 0 aromatic heterocycles. The zero-order valence-corrected chi connectivity index (χ0v) is 10.1. The van der Waals surface area contributed by atoms with Crippen LogP contribution in [0.5, 0.6) is 5.75 Å². The van der Waals surface area contributed by atoms with Crippen molar-refractivity contribution < 1.29 is 14.6 Å². The molecule has 2 rings (SSSR count). The van der Waals surface area contributed by atoms with Crippen molar-refractivity contribution >= 4 is 5.97 Å². The first-order chi connectivity index (χ1) is 8.66. The lowest BCUT2D eigenvalue weighted by molar-refractivity contribution is 0.0692. The topological polar surface area (TPSA) is 46.5 Å². The fourth-order valence-corrected chi connectivity index (χ4v) is 1.66. The normalized spacial score (nSPS) is 10.1. The van der Waals surface area contributed by atoms with Gasteiger partial charge in [-0.05, 0) is 30.2 Å². The summed E-state index contributed by atoms with van der Waals surface area (Å²) < 4.78 is 5.58. The van der Waals surface area contributed by atoms with Gasteiger partial charge in [-0.25, -0.2) is 4.79 Å². The maximum atomic E-state index is 11.1. The quantitative estimate of drug-likeness (QED) is 0.895. The van der Waals surface area contributed by atoms with Crippen molar-refractivity contribution in [3.05, 3.63) is 65.2 Å². The molecule has 92 valence electrons. The summed E-state index contributed by atoms with van der Waals surface area (Å²) in [6.07, 6.45) is 0. The zero-order valence-electron chi connectivity index (χ0n) is 10.1. The average Bonchev–Trinajstić information content (AvgIpc) is 2.37. The van der Waals surface area contributed by atoms with Gasteiger partial charge in [0.05, 0.1) is 0 Å². The van der Waals surface area contributed by atoms with Crippen LogP contribution in [0.25, 0.3) is 0 Å². The lowest BCUT2D eigenvalue weighted by Crippen LogP contribution is -2.03. The summed E-state index contributed by atoms with van der Waals surface area (Å²) in [6.45, 7) is 2.27. The zero-order chi connectivity index (χ0) is 13.0. The van der Waals surface area contributed by atoms with Crippen LogP contribution in [0.15, 0.2) is 48.5 Å². The van der Waals surface area contributed by atoms with Gasteiger partial charge in [0.15, 0.2) is 0 Å². The molecule has 0 amide bonds. The third-order valence-electron chi connectivity index (χ3n) is 2.60. The summed E-state index contributed by atoms with van der Waals surface area (Å²) in [5.74, 6) is -0.565. The molecule has 0 unspecified atom stereocenters. The predicted molar refractivity (Wildman–Crippen MR) is 68.9 cm³/mol. The van der Waals surface area contributed by atoms with E-state index in [0.717, 1.165) is 11.1 Å². The molecule has 0 bridgehead atoms. The molecule has 0 atom stereocenters. The molecule has 0 saturated carbocycles. The van der Waals surface area contributed by atoms with Crippen molar-refractivity contribution in [1.29, 1.82) is 0 Å². The third kappa shape index (κ3) is 2.88. The molecule has 0 aliphatic rings.